The molecule has 2 heterocycles. The normalized spacial score (nSPS) is 23.7. The third kappa shape index (κ3) is 5.57. The largest absolute Gasteiger partial charge is 0.508 e. The fraction of sp³-hybridized carbons (Fsp3) is 0.304. The number of benzene rings is 2. The third-order valence-electron chi connectivity index (χ3n) is 5.95. The number of rotatable bonds is 8. The highest BCUT2D eigenvalue weighted by Crippen LogP contribution is 2.50. The van der Waals surface area contributed by atoms with E-state index in [1.807, 2.05) is 0 Å². The van der Waals surface area contributed by atoms with E-state index in [0.29, 0.717) is 0 Å². The summed E-state index contributed by atoms with van der Waals surface area (Å²) in [6.45, 7) is 3.38. The fourth-order valence-corrected chi connectivity index (χ4v) is 6.69. The van der Waals surface area contributed by atoms with Gasteiger partial charge in [0.05, 0.1) is 0 Å². The number of phenolic OH excluding ortho intramolecular Hbond substituents is 1. The second-order valence-corrected chi connectivity index (χ2v) is 12.3. The molecule has 0 spiro atoms. The van der Waals surface area contributed by atoms with Crippen LogP contribution in [0.5, 0.6) is 11.5 Å². The van der Waals surface area contributed by atoms with E-state index in [2.05, 4.69) is 10.6 Å². The lowest BCUT2D eigenvalue weighted by molar-refractivity contribution is -0.161. The maximum Gasteiger partial charge on any atom is 0.487 e. The number of carboxylic acids is 1. The molecule has 202 valence electrons. The average molecular weight is 565 g/mol. The Morgan fingerprint density at radius 1 is 1.11 bits per heavy atom. The summed E-state index contributed by atoms with van der Waals surface area (Å²) in [5.41, 5.74) is 0.193. The number of carboxylic acid groups (broad SMARTS) is 1. The van der Waals surface area contributed by atoms with E-state index in [1.54, 1.807) is 37.1 Å². The van der Waals surface area contributed by atoms with Crippen molar-refractivity contribution in [1.82, 2.24) is 20.6 Å². The number of amides is 4. The minimum absolute atomic E-state index is 0.0242. The van der Waals surface area contributed by atoms with Gasteiger partial charge in [0.1, 0.15) is 35.0 Å². The van der Waals surface area contributed by atoms with Crippen molar-refractivity contribution < 1.29 is 43.4 Å². The lowest BCUT2D eigenvalue weighted by Crippen LogP contribution is -2.71. The summed E-state index contributed by atoms with van der Waals surface area (Å²) >= 11 is 1.23. The van der Waals surface area contributed by atoms with E-state index in [9.17, 15) is 38.8 Å². The summed E-state index contributed by atoms with van der Waals surface area (Å²) in [7, 11) is -4.69. The summed E-state index contributed by atoms with van der Waals surface area (Å²) < 4.78 is 16.5. The Hall–Kier alpha value is -3.74. The van der Waals surface area contributed by atoms with Gasteiger partial charge in [-0.05, 0) is 43.7 Å². The standard InChI is InChI=1S/C23H25N4O9PS/c1-23(2)17(21(31)32)27-19(30)16(20(27)38-23)24-18(29)15(12-8-10-13(28)11-9-12)25-22(33)26-37(34,35)36-14-6-4-3-5-7-14/h3-11,15-17,20,28H,1-2H3,(H,24,29)(H,31,32)(H3,25,26,33,34,35)/t15?,16-,17+,20-/m1/s1. The van der Waals surface area contributed by atoms with Crippen LogP contribution in [0.25, 0.3) is 0 Å². The van der Waals surface area contributed by atoms with Crippen LogP contribution in [-0.2, 0) is 18.9 Å². The molecule has 0 bridgehead atoms. The number of hydrogen-bond acceptors (Lipinski definition) is 8. The topological polar surface area (TPSA) is 195 Å². The molecule has 2 aliphatic rings. The zero-order chi connectivity index (χ0) is 27.8. The molecule has 38 heavy (non-hydrogen) atoms. The number of β-lactam (4-membered cyclic amide) rings is 1. The zero-order valence-electron chi connectivity index (χ0n) is 20.1. The quantitative estimate of drug-likeness (QED) is 0.202. The van der Waals surface area contributed by atoms with Gasteiger partial charge in [-0.1, -0.05) is 30.3 Å². The highest BCUT2D eigenvalue weighted by Gasteiger charge is 2.64. The first kappa shape index (κ1) is 27.3. The second kappa shape index (κ2) is 10.2. The number of carbonyl (C=O) groups excluding carboxylic acids is 3. The molecule has 0 aliphatic carbocycles. The van der Waals surface area contributed by atoms with Gasteiger partial charge in [0.15, 0.2) is 0 Å². The Morgan fingerprint density at radius 2 is 1.74 bits per heavy atom. The SMILES string of the molecule is CC1(C)S[C@@H]2[C@H](NC(=O)C(NC(=O)NP(=O)(O)Oc3ccccc3)c3ccc(O)cc3)C(=O)N2[C@H]1C(=O)O. The Bertz CT molecular complexity index is 1310. The average Bonchev–Trinajstić information content (AvgIpc) is 3.09. The van der Waals surface area contributed by atoms with Crippen molar-refractivity contribution in [3.8, 4) is 11.5 Å². The molecule has 5 atom stereocenters. The van der Waals surface area contributed by atoms with Crippen molar-refractivity contribution in [3.63, 3.8) is 0 Å². The lowest BCUT2D eigenvalue weighted by atomic mass is 9.95. The van der Waals surface area contributed by atoms with Crippen molar-refractivity contribution in [2.75, 3.05) is 0 Å². The van der Waals surface area contributed by atoms with Gasteiger partial charge in [0.25, 0.3) is 0 Å². The Labute approximate surface area is 221 Å². The number of thioether (sulfide) groups is 1. The smallest absolute Gasteiger partial charge is 0.487 e. The molecule has 2 saturated heterocycles. The van der Waals surface area contributed by atoms with Crippen molar-refractivity contribution in [3.05, 3.63) is 60.2 Å². The van der Waals surface area contributed by atoms with Gasteiger partial charge in [-0.25, -0.2) is 19.2 Å². The van der Waals surface area contributed by atoms with Gasteiger partial charge in [-0.2, -0.15) is 0 Å². The van der Waals surface area contributed by atoms with Crippen molar-refractivity contribution >= 4 is 43.3 Å². The van der Waals surface area contributed by atoms with Crippen LogP contribution >= 0.6 is 19.5 Å². The molecule has 4 amide bonds. The van der Waals surface area contributed by atoms with Gasteiger partial charge < -0.3 is 30.3 Å². The molecule has 15 heteroatoms. The van der Waals surface area contributed by atoms with Crippen LogP contribution in [0.1, 0.15) is 25.5 Å². The number of urea groups is 1. The maximum absolute atomic E-state index is 13.3. The van der Waals surface area contributed by atoms with Crippen LogP contribution in [0.3, 0.4) is 0 Å². The fourth-order valence-electron chi connectivity index (χ4n) is 4.29. The van der Waals surface area contributed by atoms with Crippen LogP contribution < -0.4 is 20.2 Å². The highest BCUT2D eigenvalue weighted by molar-refractivity contribution is 8.01. The van der Waals surface area contributed by atoms with Crippen LogP contribution in [0.2, 0.25) is 0 Å². The number of fused-ring (bicyclic) bond motifs is 1. The molecule has 2 aromatic carbocycles. The van der Waals surface area contributed by atoms with Gasteiger partial charge >= 0.3 is 19.7 Å². The molecule has 2 aliphatic heterocycles. The Balaban J connectivity index is 1.49. The zero-order valence-corrected chi connectivity index (χ0v) is 21.8. The third-order valence-corrected chi connectivity index (χ3v) is 8.47. The lowest BCUT2D eigenvalue weighted by Gasteiger charge is -2.44. The number of nitrogens with zero attached hydrogens (tertiary/aromatic N) is 1. The van der Waals surface area contributed by atoms with E-state index in [-0.39, 0.29) is 17.1 Å². The summed E-state index contributed by atoms with van der Waals surface area (Å²) in [6.07, 6.45) is 0. The summed E-state index contributed by atoms with van der Waals surface area (Å²) in [6, 6.07) is 8.05. The number of hydrogen-bond donors (Lipinski definition) is 6. The van der Waals surface area contributed by atoms with E-state index < -0.39 is 59.8 Å². The number of nitrogens with one attached hydrogen (secondary N) is 3. The van der Waals surface area contributed by atoms with Gasteiger partial charge in [0.2, 0.25) is 11.8 Å². The molecule has 0 radical (unpaired) electrons. The van der Waals surface area contributed by atoms with E-state index >= 15 is 0 Å². The molecular weight excluding hydrogens is 539 g/mol. The van der Waals surface area contributed by atoms with Crippen LogP contribution in [0, 0.1) is 0 Å². The minimum atomic E-state index is -4.69. The van der Waals surface area contributed by atoms with Crippen molar-refractivity contribution in [1.29, 1.82) is 0 Å². The number of para-hydroxylation sites is 1. The first-order valence-electron chi connectivity index (χ1n) is 11.3. The van der Waals surface area contributed by atoms with Crippen molar-refractivity contribution in [2.24, 2.45) is 0 Å². The summed E-state index contributed by atoms with van der Waals surface area (Å²) in [4.78, 5) is 61.7. The predicted molar refractivity (Wildman–Crippen MR) is 135 cm³/mol. The van der Waals surface area contributed by atoms with Crippen LogP contribution in [-0.4, -0.2) is 66.0 Å². The number of aliphatic carboxylic acids is 1. The highest BCUT2D eigenvalue weighted by atomic mass is 32.2. The summed E-state index contributed by atoms with van der Waals surface area (Å²) in [5, 5.41) is 25.2. The van der Waals surface area contributed by atoms with Gasteiger partial charge in [-0.3, -0.25) is 14.5 Å². The van der Waals surface area contributed by atoms with Crippen LogP contribution in [0.15, 0.2) is 54.6 Å². The first-order valence-corrected chi connectivity index (χ1v) is 13.7. The van der Waals surface area contributed by atoms with Crippen LogP contribution in [0.4, 0.5) is 4.79 Å². The molecular formula is C23H25N4O9PS. The Morgan fingerprint density at radius 3 is 2.34 bits per heavy atom. The second-order valence-electron chi connectivity index (χ2n) is 9.12. The molecule has 4 rings (SSSR count). The number of phenols is 1. The monoisotopic (exact) mass is 564 g/mol. The molecule has 2 fully saturated rings. The van der Waals surface area contributed by atoms with E-state index in [4.69, 9.17) is 4.52 Å². The summed E-state index contributed by atoms with van der Waals surface area (Å²) in [5.74, 6) is -2.66. The minimum Gasteiger partial charge on any atom is -0.508 e. The first-order chi connectivity index (χ1) is 17.8. The molecule has 0 aromatic heterocycles. The van der Waals surface area contributed by atoms with Gasteiger partial charge in [0, 0.05) is 4.75 Å². The maximum atomic E-state index is 13.3. The Kier molecular flexibility index (Phi) is 7.33. The predicted octanol–water partition coefficient (Wildman–Crippen LogP) is 1.54. The molecule has 2 aromatic rings. The molecule has 6 N–H and O–H groups in total. The number of carbonyl (C=O) groups is 4. The van der Waals surface area contributed by atoms with Gasteiger partial charge in [-0.15, -0.1) is 11.8 Å². The van der Waals surface area contributed by atoms with E-state index in [0.717, 1.165) is 0 Å². The molecule has 13 nitrogen and oxygen atoms in total. The van der Waals surface area contributed by atoms with E-state index in [1.165, 1.54) is 53.1 Å². The molecule has 2 unspecified atom stereocenters. The molecule has 0 saturated carbocycles. The number of aromatic hydroxyl groups is 1. The van der Waals surface area contributed by atoms with Crippen molar-refractivity contribution in [2.45, 2.75) is 42.1 Å².